The molecule has 0 aliphatic carbocycles. The van der Waals surface area contributed by atoms with Crippen molar-refractivity contribution in [1.82, 2.24) is 10.2 Å². The molecule has 0 saturated carbocycles. The number of amides is 2. The monoisotopic (exact) mass is 347 g/mol. The van der Waals surface area contributed by atoms with Gasteiger partial charge in [0.15, 0.2) is 0 Å². The van der Waals surface area contributed by atoms with E-state index in [2.05, 4.69) is 22.3 Å². The predicted molar refractivity (Wildman–Crippen MR) is 93.6 cm³/mol. The number of nitrogens with zero attached hydrogens (tertiary/aromatic N) is 2. The van der Waals surface area contributed by atoms with Crippen LogP contribution in [0, 0.1) is 5.41 Å². The molecule has 3 rings (SSSR count). The van der Waals surface area contributed by atoms with Crippen molar-refractivity contribution in [2.24, 2.45) is 5.41 Å². The van der Waals surface area contributed by atoms with E-state index >= 15 is 0 Å². The molecule has 2 aliphatic heterocycles. The Balaban J connectivity index is 1.55. The van der Waals surface area contributed by atoms with Gasteiger partial charge in [-0.3, -0.25) is 4.79 Å². The van der Waals surface area contributed by atoms with Gasteiger partial charge in [-0.15, -0.1) is 0 Å². The zero-order valence-corrected chi connectivity index (χ0v) is 14.5. The summed E-state index contributed by atoms with van der Waals surface area (Å²) in [6, 6.07) is 7.91. The molecule has 7 heteroatoms. The van der Waals surface area contributed by atoms with E-state index < -0.39 is 11.4 Å². The van der Waals surface area contributed by atoms with Crippen LogP contribution in [-0.2, 0) is 16.1 Å². The lowest BCUT2D eigenvalue weighted by Crippen LogP contribution is -2.40. The number of carbonyl (C=O) groups is 2. The summed E-state index contributed by atoms with van der Waals surface area (Å²) in [5, 5.41) is 12.2. The van der Waals surface area contributed by atoms with Gasteiger partial charge >= 0.3 is 12.0 Å². The highest BCUT2D eigenvalue weighted by molar-refractivity contribution is 5.79. The Kier molecular flexibility index (Phi) is 5.13. The fraction of sp³-hybridized carbons (Fsp3) is 0.556. The number of hydrogen-bond acceptors (Lipinski definition) is 4. The molecule has 136 valence electrons. The lowest BCUT2D eigenvalue weighted by molar-refractivity contribution is -0.147. The first-order valence-corrected chi connectivity index (χ1v) is 8.66. The second kappa shape index (κ2) is 7.31. The molecule has 1 unspecified atom stereocenters. The molecule has 1 aromatic carbocycles. The zero-order valence-electron chi connectivity index (χ0n) is 14.5. The molecule has 0 bridgehead atoms. The van der Waals surface area contributed by atoms with Crippen LogP contribution < -0.4 is 10.2 Å². The van der Waals surface area contributed by atoms with Crippen LogP contribution in [0.5, 0.6) is 0 Å². The number of urea groups is 1. The van der Waals surface area contributed by atoms with Gasteiger partial charge in [0.05, 0.1) is 18.6 Å². The van der Waals surface area contributed by atoms with Crippen molar-refractivity contribution >= 4 is 17.7 Å². The first-order valence-electron chi connectivity index (χ1n) is 8.66. The number of carboxylic acid groups (broad SMARTS) is 1. The molecule has 2 heterocycles. The fourth-order valence-corrected chi connectivity index (χ4v) is 3.28. The van der Waals surface area contributed by atoms with Crippen molar-refractivity contribution in [3.63, 3.8) is 0 Å². The summed E-state index contributed by atoms with van der Waals surface area (Å²) in [6.07, 6.45) is 0.488. The van der Waals surface area contributed by atoms with Gasteiger partial charge in [0.2, 0.25) is 0 Å². The zero-order chi connectivity index (χ0) is 17.9. The third-order valence-electron chi connectivity index (χ3n) is 5.01. The quantitative estimate of drug-likeness (QED) is 0.863. The molecule has 0 radical (unpaired) electrons. The van der Waals surface area contributed by atoms with Crippen molar-refractivity contribution in [3.8, 4) is 0 Å². The van der Waals surface area contributed by atoms with E-state index in [1.54, 1.807) is 11.8 Å². The summed E-state index contributed by atoms with van der Waals surface area (Å²) < 4.78 is 5.37. The molecule has 7 nitrogen and oxygen atoms in total. The maximum absolute atomic E-state index is 12.3. The number of rotatable bonds is 4. The summed E-state index contributed by atoms with van der Waals surface area (Å²) >= 11 is 0. The maximum atomic E-state index is 12.3. The molecule has 2 fully saturated rings. The molecule has 0 aromatic heterocycles. The van der Waals surface area contributed by atoms with E-state index in [1.165, 1.54) is 0 Å². The highest BCUT2D eigenvalue weighted by Gasteiger charge is 2.42. The Morgan fingerprint density at radius 1 is 1.28 bits per heavy atom. The molecule has 2 N–H and O–H groups in total. The highest BCUT2D eigenvalue weighted by Crippen LogP contribution is 2.30. The number of hydrogen-bond donors (Lipinski definition) is 2. The average molecular weight is 347 g/mol. The first kappa shape index (κ1) is 17.5. The summed E-state index contributed by atoms with van der Waals surface area (Å²) in [7, 11) is 0. The SMILES string of the molecule is CC1(C(=O)O)CCN(C(=O)NCc2cccc(N3CCOCC3)c2)C1. The van der Waals surface area contributed by atoms with Gasteiger partial charge in [0.1, 0.15) is 0 Å². The van der Waals surface area contributed by atoms with Crippen LogP contribution in [0.15, 0.2) is 24.3 Å². The number of morpholine rings is 1. The number of carboxylic acids is 1. The van der Waals surface area contributed by atoms with Crippen molar-refractivity contribution in [2.75, 3.05) is 44.3 Å². The van der Waals surface area contributed by atoms with Crippen molar-refractivity contribution in [2.45, 2.75) is 19.9 Å². The molecule has 2 saturated heterocycles. The molecule has 1 aromatic rings. The van der Waals surface area contributed by atoms with Crippen LogP contribution in [0.25, 0.3) is 0 Å². The van der Waals surface area contributed by atoms with Crippen LogP contribution in [0.1, 0.15) is 18.9 Å². The van der Waals surface area contributed by atoms with E-state index in [0.717, 1.165) is 37.6 Å². The molecule has 2 aliphatic rings. The van der Waals surface area contributed by atoms with Gasteiger partial charge in [-0.1, -0.05) is 12.1 Å². The predicted octanol–water partition coefficient (Wildman–Crippen LogP) is 1.53. The average Bonchev–Trinajstić information content (AvgIpc) is 3.05. The Morgan fingerprint density at radius 2 is 2.04 bits per heavy atom. The third-order valence-corrected chi connectivity index (χ3v) is 5.01. The van der Waals surface area contributed by atoms with Crippen LogP contribution in [0.4, 0.5) is 10.5 Å². The number of nitrogens with one attached hydrogen (secondary N) is 1. The Morgan fingerprint density at radius 3 is 2.72 bits per heavy atom. The lowest BCUT2D eigenvalue weighted by atomic mass is 9.90. The van der Waals surface area contributed by atoms with E-state index in [1.807, 2.05) is 12.1 Å². The van der Waals surface area contributed by atoms with E-state index in [0.29, 0.717) is 19.5 Å². The van der Waals surface area contributed by atoms with E-state index in [4.69, 9.17) is 4.74 Å². The molecular formula is C18H25N3O4. The Labute approximate surface area is 147 Å². The minimum Gasteiger partial charge on any atom is -0.481 e. The summed E-state index contributed by atoms with van der Waals surface area (Å²) in [4.78, 5) is 27.5. The largest absolute Gasteiger partial charge is 0.481 e. The maximum Gasteiger partial charge on any atom is 0.317 e. The topological polar surface area (TPSA) is 82.1 Å². The number of anilines is 1. The Bertz CT molecular complexity index is 645. The first-order chi connectivity index (χ1) is 12.0. The molecule has 0 spiro atoms. The normalized spacial score (nSPS) is 23.6. The molecule has 1 atom stereocenters. The molecule has 2 amide bonds. The van der Waals surface area contributed by atoms with Crippen LogP contribution in [0.3, 0.4) is 0 Å². The van der Waals surface area contributed by atoms with Crippen molar-refractivity contribution in [1.29, 1.82) is 0 Å². The summed E-state index contributed by atoms with van der Waals surface area (Å²) in [5.41, 5.74) is 1.32. The third kappa shape index (κ3) is 4.04. The number of benzene rings is 1. The van der Waals surface area contributed by atoms with Crippen LogP contribution >= 0.6 is 0 Å². The van der Waals surface area contributed by atoms with Crippen molar-refractivity contribution < 1.29 is 19.4 Å². The van der Waals surface area contributed by atoms with Gasteiger partial charge in [-0.25, -0.2) is 4.79 Å². The Hall–Kier alpha value is -2.28. The second-order valence-electron chi connectivity index (χ2n) is 6.97. The molecule has 25 heavy (non-hydrogen) atoms. The van der Waals surface area contributed by atoms with Gasteiger partial charge < -0.3 is 25.0 Å². The molecular weight excluding hydrogens is 322 g/mol. The number of aliphatic carboxylic acids is 1. The minimum absolute atomic E-state index is 0.207. The van der Waals surface area contributed by atoms with Gasteiger partial charge in [-0.05, 0) is 31.0 Å². The van der Waals surface area contributed by atoms with Gasteiger partial charge in [0.25, 0.3) is 0 Å². The number of likely N-dealkylation sites (tertiary alicyclic amines) is 1. The second-order valence-corrected chi connectivity index (χ2v) is 6.97. The van der Waals surface area contributed by atoms with Gasteiger partial charge in [0, 0.05) is 38.4 Å². The van der Waals surface area contributed by atoms with Crippen molar-refractivity contribution in [3.05, 3.63) is 29.8 Å². The number of ether oxygens (including phenoxy) is 1. The fourth-order valence-electron chi connectivity index (χ4n) is 3.28. The highest BCUT2D eigenvalue weighted by atomic mass is 16.5. The minimum atomic E-state index is -0.846. The van der Waals surface area contributed by atoms with E-state index in [9.17, 15) is 14.7 Å². The standard InChI is InChI=1S/C18H25N3O4/c1-18(16(22)23)5-6-21(13-18)17(24)19-12-14-3-2-4-15(11-14)20-7-9-25-10-8-20/h2-4,11H,5-10,12-13H2,1H3,(H,19,24)(H,22,23). The van der Waals surface area contributed by atoms with Crippen LogP contribution in [0.2, 0.25) is 0 Å². The smallest absolute Gasteiger partial charge is 0.317 e. The summed E-state index contributed by atoms with van der Waals surface area (Å²) in [5.74, 6) is -0.846. The lowest BCUT2D eigenvalue weighted by Gasteiger charge is -2.29. The van der Waals surface area contributed by atoms with Crippen LogP contribution in [-0.4, -0.2) is 61.4 Å². The van der Waals surface area contributed by atoms with E-state index in [-0.39, 0.29) is 12.6 Å². The van der Waals surface area contributed by atoms with Gasteiger partial charge in [-0.2, -0.15) is 0 Å². The summed E-state index contributed by atoms with van der Waals surface area (Å²) in [6.45, 7) is 6.06. The number of carbonyl (C=O) groups excluding carboxylic acids is 1.